The van der Waals surface area contributed by atoms with E-state index in [2.05, 4.69) is 86.1 Å². The van der Waals surface area contributed by atoms with Gasteiger partial charge >= 0.3 is 0 Å². The highest BCUT2D eigenvalue weighted by molar-refractivity contribution is 6.10. The number of pyridine rings is 4. The predicted molar refractivity (Wildman–Crippen MR) is 374 cm³/mol. The molecule has 0 saturated carbocycles. The molecule has 0 fully saturated rings. The molecule has 27 nitrogen and oxygen atoms in total. The first kappa shape index (κ1) is 64.0. The second-order valence-corrected chi connectivity index (χ2v) is 19.8. The summed E-state index contributed by atoms with van der Waals surface area (Å²) in [6.07, 6.45) is 21.1. The number of hydrogen-bond donors (Lipinski definition) is 9. The number of hydrogen-bond acceptors (Lipinski definition) is 22. The van der Waals surface area contributed by atoms with E-state index < -0.39 is 23.6 Å². The lowest BCUT2D eigenvalue weighted by Gasteiger charge is -2.09. The van der Waals surface area contributed by atoms with Crippen molar-refractivity contribution in [2.45, 2.75) is 0 Å². The SMILES string of the molecule is COc1ccc(NC(=O)c2nc(-c3cccnc3)cnc2N)cc1.COc1cccc(NC(=O)c2nc(-c3cccnc3)cnc2N)c1.Nc1ncc(-c2cccnc2)nc1C(=O)Nc1cccc2cc[nH]c12.Nc1ncc(-c2cccnc2)nc1C(=O)Nc1ccccc1.[HH].[HH].[HH].[HH].[HH].[HH]. The van der Waals surface area contributed by atoms with Crippen LogP contribution in [-0.2, 0) is 0 Å². The Morgan fingerprint density at radius 3 is 1.16 bits per heavy atom. The van der Waals surface area contributed by atoms with Crippen LogP contribution in [0.15, 0.2) is 232 Å². The summed E-state index contributed by atoms with van der Waals surface area (Å²) >= 11 is 0. The number of carbonyl (C=O) groups is 4. The molecular formula is C68H69N21O6. The van der Waals surface area contributed by atoms with Crippen LogP contribution in [0.4, 0.5) is 46.0 Å². The van der Waals surface area contributed by atoms with E-state index in [0.717, 1.165) is 33.2 Å². The highest BCUT2D eigenvalue weighted by Gasteiger charge is 2.20. The number of nitrogens with two attached hydrogens (primary N) is 4. The minimum absolute atomic E-state index is 0. The summed E-state index contributed by atoms with van der Waals surface area (Å²) in [5.74, 6) is -0.0851. The minimum Gasteiger partial charge on any atom is -0.497 e. The van der Waals surface area contributed by atoms with Gasteiger partial charge in [-0.25, -0.2) is 39.9 Å². The highest BCUT2D eigenvalue weighted by atomic mass is 16.5. The number of nitrogens with zero attached hydrogens (tertiary/aromatic N) is 12. The molecule has 0 spiro atoms. The number of benzene rings is 4. The van der Waals surface area contributed by atoms with E-state index >= 15 is 0 Å². The Bertz CT molecular complexity index is 4810. The van der Waals surface area contributed by atoms with Gasteiger partial charge in [0.1, 0.15) is 11.5 Å². The van der Waals surface area contributed by atoms with Crippen LogP contribution in [0, 0.1) is 0 Å². The maximum absolute atomic E-state index is 12.7. The van der Waals surface area contributed by atoms with Crippen LogP contribution in [0.2, 0.25) is 0 Å². The molecule has 0 unspecified atom stereocenters. The van der Waals surface area contributed by atoms with Crippen LogP contribution in [0.1, 0.15) is 50.5 Å². The zero-order chi connectivity index (χ0) is 66.5. The van der Waals surface area contributed by atoms with Gasteiger partial charge in [-0.05, 0) is 109 Å². The zero-order valence-corrected chi connectivity index (χ0v) is 50.6. The topological polar surface area (TPSA) is 409 Å². The molecule has 4 amide bonds. The first-order valence-electron chi connectivity index (χ1n) is 28.6. The Morgan fingerprint density at radius 2 is 0.758 bits per heavy atom. The fourth-order valence-electron chi connectivity index (χ4n) is 8.71. The number of aromatic nitrogens is 13. The van der Waals surface area contributed by atoms with Gasteiger partial charge in [0.15, 0.2) is 46.0 Å². The quantitative estimate of drug-likeness (QED) is 0.0488. The predicted octanol–water partition coefficient (Wildman–Crippen LogP) is 11.5. The van der Waals surface area contributed by atoms with Crippen molar-refractivity contribution in [2.24, 2.45) is 0 Å². The van der Waals surface area contributed by atoms with Gasteiger partial charge < -0.3 is 58.7 Å². The summed E-state index contributed by atoms with van der Waals surface area (Å²) in [6.45, 7) is 0. The Morgan fingerprint density at radius 1 is 0.379 bits per heavy atom. The number of nitrogens with one attached hydrogen (secondary N) is 5. The van der Waals surface area contributed by atoms with Crippen molar-refractivity contribution >= 4 is 80.6 Å². The molecule has 0 saturated heterocycles. The summed E-state index contributed by atoms with van der Waals surface area (Å²) in [4.78, 5) is 103. The van der Waals surface area contributed by atoms with Gasteiger partial charge in [-0.3, -0.25) is 39.1 Å². The van der Waals surface area contributed by atoms with Crippen molar-refractivity contribution in [3.8, 4) is 56.5 Å². The molecule has 0 aliphatic carbocycles. The largest absolute Gasteiger partial charge is 0.497 e. The molecular weight excluding hydrogens is 1210 g/mol. The maximum Gasteiger partial charge on any atom is 0.278 e. The molecule has 13 aromatic rings. The molecule has 9 heterocycles. The molecule has 9 aromatic heterocycles. The van der Waals surface area contributed by atoms with Gasteiger partial charge in [-0.1, -0.05) is 36.4 Å². The van der Waals surface area contributed by atoms with Crippen LogP contribution in [0.5, 0.6) is 11.5 Å². The lowest BCUT2D eigenvalue weighted by molar-refractivity contribution is 0.101. The average molecular weight is 1280 g/mol. The number of methoxy groups -OCH3 is 2. The number of H-pyrrole nitrogens is 1. The fourth-order valence-corrected chi connectivity index (χ4v) is 8.71. The van der Waals surface area contributed by atoms with E-state index in [4.69, 9.17) is 32.4 Å². The summed E-state index contributed by atoms with van der Waals surface area (Å²) in [5, 5.41) is 12.1. The van der Waals surface area contributed by atoms with Crippen LogP contribution in [0.3, 0.4) is 0 Å². The van der Waals surface area contributed by atoms with Crippen LogP contribution >= 0.6 is 0 Å². The lowest BCUT2D eigenvalue weighted by Crippen LogP contribution is -2.17. The number of carbonyl (C=O) groups excluding carboxylic acids is 4. The number of para-hydroxylation sites is 2. The van der Waals surface area contributed by atoms with Crippen molar-refractivity contribution in [2.75, 3.05) is 58.4 Å². The summed E-state index contributed by atoms with van der Waals surface area (Å²) < 4.78 is 10.2. The highest BCUT2D eigenvalue weighted by Crippen LogP contribution is 2.26. The monoisotopic (exact) mass is 1280 g/mol. The summed E-state index contributed by atoms with van der Waals surface area (Å²) in [5.41, 5.74) is 32.0. The molecule has 0 radical (unpaired) electrons. The lowest BCUT2D eigenvalue weighted by atomic mass is 10.2. The molecule has 0 bridgehead atoms. The molecule has 13 rings (SSSR count). The number of anilines is 8. The standard InChI is InChI=1S/C18H14N6O.2C17H15N5O2.C16H13N5O.6H2/c19-17-16(23-14(10-22-17)12-4-2-7-20-9-12)18(25)24-13-5-1-3-11-6-8-21-15(11)13;1-24-13-6-2-5-12(8-13)21-17(23)15-16(18)20-10-14(22-15)11-4-3-7-19-9-11;1-24-13-6-4-12(5-7-13)21-17(23)15-16(18)20-10-14(22-15)11-3-2-8-19-9-11;17-15-14(16(22)20-12-6-2-1-3-7-12)21-13(10-19-15)11-5-4-8-18-9-11;;;;;;/h1-10,21H,(H2,19,22)(H,24,25);2*2-10H,1H3,(H2,18,20)(H,21,23);1-10H,(H2,17,19)(H,20,22);6*1H. The van der Waals surface area contributed by atoms with Gasteiger partial charge in [0, 0.05) is 115 Å². The van der Waals surface area contributed by atoms with Gasteiger partial charge in [0.25, 0.3) is 23.6 Å². The Balaban J connectivity index is 0.000000280. The molecule has 0 aliphatic rings. The van der Waals surface area contributed by atoms with Crippen LogP contribution < -0.4 is 53.7 Å². The van der Waals surface area contributed by atoms with Crippen LogP contribution in [0.25, 0.3) is 55.9 Å². The van der Waals surface area contributed by atoms with E-state index in [1.165, 1.54) is 24.8 Å². The Kier molecular flexibility index (Phi) is 20.9. The van der Waals surface area contributed by atoms with E-state index in [-0.39, 0.29) is 54.6 Å². The number of rotatable bonds is 14. The van der Waals surface area contributed by atoms with Crippen LogP contribution in [-0.4, -0.2) is 103 Å². The molecule has 0 aliphatic heterocycles. The first-order chi connectivity index (χ1) is 46.3. The van der Waals surface area contributed by atoms with Gasteiger partial charge in [0.05, 0.1) is 73.0 Å². The molecule has 4 aromatic carbocycles. The third kappa shape index (κ3) is 16.9. The Labute approximate surface area is 550 Å². The fraction of sp³-hybridized carbons (Fsp3) is 0.0294. The van der Waals surface area contributed by atoms with E-state index in [1.807, 2.05) is 72.9 Å². The van der Waals surface area contributed by atoms with Gasteiger partial charge in [0.2, 0.25) is 0 Å². The van der Waals surface area contributed by atoms with Crippen molar-refractivity contribution in [3.05, 3.63) is 255 Å². The summed E-state index contributed by atoms with van der Waals surface area (Å²) in [6, 6.07) is 45.1. The third-order valence-corrected chi connectivity index (χ3v) is 13.4. The normalized spacial score (nSPS) is 10.3. The molecule has 0 atom stereocenters. The minimum atomic E-state index is -0.445. The van der Waals surface area contributed by atoms with Gasteiger partial charge in [-0.2, -0.15) is 0 Å². The Hall–Kier alpha value is -14.0. The molecule has 95 heavy (non-hydrogen) atoms. The van der Waals surface area contributed by atoms with Crippen molar-refractivity contribution < 1.29 is 37.2 Å². The summed E-state index contributed by atoms with van der Waals surface area (Å²) in [7, 11) is 3.13. The van der Waals surface area contributed by atoms with E-state index in [9.17, 15) is 19.2 Å². The second kappa shape index (κ2) is 31.0. The third-order valence-electron chi connectivity index (χ3n) is 13.4. The van der Waals surface area contributed by atoms with Crippen molar-refractivity contribution in [1.82, 2.24) is 64.8 Å². The van der Waals surface area contributed by atoms with Crippen molar-refractivity contribution in [1.29, 1.82) is 0 Å². The number of amides is 4. The number of fused-ring (bicyclic) bond motifs is 1. The maximum atomic E-state index is 12.7. The molecule has 27 heteroatoms. The number of aromatic amines is 1. The van der Waals surface area contributed by atoms with E-state index in [0.29, 0.717) is 57.0 Å². The van der Waals surface area contributed by atoms with E-state index in [1.54, 1.807) is 149 Å². The smallest absolute Gasteiger partial charge is 0.278 e. The van der Waals surface area contributed by atoms with Gasteiger partial charge in [-0.15, -0.1) is 0 Å². The average Bonchev–Trinajstić information content (AvgIpc) is 1.63. The first-order valence-corrected chi connectivity index (χ1v) is 28.6. The number of ether oxygens (including phenoxy) is 2. The van der Waals surface area contributed by atoms with Crippen molar-refractivity contribution in [3.63, 3.8) is 0 Å². The molecule has 482 valence electrons. The second-order valence-electron chi connectivity index (χ2n) is 19.8. The zero-order valence-electron chi connectivity index (χ0n) is 50.6. The number of nitrogen functional groups attached to an aromatic ring is 4. The molecule has 13 N–H and O–H groups in total.